The third-order valence-corrected chi connectivity index (χ3v) is 8.31. The Kier molecular flexibility index (Phi) is 6.38. The summed E-state index contributed by atoms with van der Waals surface area (Å²) in [5.74, 6) is -0.670. The number of nitrogens with one attached hydrogen (secondary N) is 1. The molecule has 8 heteroatoms. The Morgan fingerprint density at radius 3 is 2.26 bits per heavy atom. The Morgan fingerprint density at radius 2 is 1.56 bits per heavy atom. The molecule has 0 radical (unpaired) electrons. The summed E-state index contributed by atoms with van der Waals surface area (Å²) in [5.41, 5.74) is 2.46. The number of ether oxygens (including phenoxy) is 2. The van der Waals surface area contributed by atoms with Gasteiger partial charge in [-0.25, -0.2) is 4.79 Å². The van der Waals surface area contributed by atoms with Crippen molar-refractivity contribution in [3.05, 3.63) is 90.0 Å². The molecule has 3 fully saturated rings. The summed E-state index contributed by atoms with van der Waals surface area (Å²) in [7, 11) is 1.55. The maximum absolute atomic E-state index is 13.5. The van der Waals surface area contributed by atoms with E-state index in [-0.39, 0.29) is 41.0 Å². The monoisotopic (exact) mass is 524 g/mol. The van der Waals surface area contributed by atoms with Crippen molar-refractivity contribution < 1.29 is 28.7 Å². The Balaban J connectivity index is 1.08. The number of carbonyl (C=O) groups is 4. The number of carbonyl (C=O) groups excluding carboxylic acids is 4. The molecule has 6 rings (SSSR count). The Labute approximate surface area is 225 Å². The van der Waals surface area contributed by atoms with Crippen LogP contribution in [0.15, 0.2) is 78.9 Å². The molecule has 198 valence electrons. The summed E-state index contributed by atoms with van der Waals surface area (Å²) in [4.78, 5) is 52.8. The second-order valence-corrected chi connectivity index (χ2v) is 10.4. The van der Waals surface area contributed by atoms with Crippen LogP contribution in [-0.4, -0.2) is 37.4 Å². The zero-order valence-corrected chi connectivity index (χ0v) is 21.4. The number of imide groups is 1. The van der Waals surface area contributed by atoms with Crippen molar-refractivity contribution in [1.29, 1.82) is 0 Å². The van der Waals surface area contributed by atoms with E-state index >= 15 is 0 Å². The number of hydrogen-bond acceptors (Lipinski definition) is 6. The number of hydrogen-bond donors (Lipinski definition) is 1. The number of anilines is 2. The maximum Gasteiger partial charge on any atom is 0.338 e. The highest BCUT2D eigenvalue weighted by molar-refractivity contribution is 6.22. The Morgan fingerprint density at radius 1 is 0.872 bits per heavy atom. The van der Waals surface area contributed by atoms with Gasteiger partial charge in [-0.3, -0.25) is 19.3 Å². The van der Waals surface area contributed by atoms with Gasteiger partial charge >= 0.3 is 5.97 Å². The molecule has 2 aliphatic carbocycles. The number of fused-ring (bicyclic) bond motifs is 5. The van der Waals surface area contributed by atoms with Gasteiger partial charge in [-0.2, -0.15) is 0 Å². The van der Waals surface area contributed by atoms with E-state index in [0.717, 1.165) is 12.8 Å². The van der Waals surface area contributed by atoms with Gasteiger partial charge in [-0.1, -0.05) is 30.3 Å². The number of esters is 1. The van der Waals surface area contributed by atoms with Crippen LogP contribution in [0, 0.1) is 23.7 Å². The fourth-order valence-corrected chi connectivity index (χ4v) is 6.63. The van der Waals surface area contributed by atoms with Gasteiger partial charge in [0, 0.05) is 5.69 Å². The zero-order chi connectivity index (χ0) is 27.1. The van der Waals surface area contributed by atoms with Crippen LogP contribution in [0.4, 0.5) is 11.4 Å². The topological polar surface area (TPSA) is 102 Å². The van der Waals surface area contributed by atoms with E-state index in [9.17, 15) is 19.2 Å². The first-order valence-electron chi connectivity index (χ1n) is 13.1. The Bertz CT molecular complexity index is 1420. The molecule has 0 spiro atoms. The van der Waals surface area contributed by atoms with Crippen molar-refractivity contribution in [2.45, 2.75) is 18.8 Å². The number of methoxy groups -OCH3 is 1. The number of benzene rings is 3. The first kappa shape index (κ1) is 24.9. The summed E-state index contributed by atoms with van der Waals surface area (Å²) in [6.07, 6.45) is 1.84. The van der Waals surface area contributed by atoms with Crippen molar-refractivity contribution in [3.63, 3.8) is 0 Å². The number of nitrogens with zero attached hydrogens (tertiary/aromatic N) is 1. The third kappa shape index (κ3) is 4.46. The normalized spacial score (nSPS) is 24.9. The lowest BCUT2D eigenvalue weighted by Crippen LogP contribution is -2.33. The molecule has 2 bridgehead atoms. The van der Waals surface area contributed by atoms with Crippen LogP contribution >= 0.6 is 0 Å². The molecular formula is C31H28N2O6. The SMILES string of the molecule is COc1ccc(NC(=O)COC(=O)c2ccc(N3C(=O)[C@@H]4[C@@H]5C[C@@H]([C@H]4C3=O)[C@H](c3ccccc3)C5)cc2)cc1. The van der Waals surface area contributed by atoms with Crippen LogP contribution in [0.2, 0.25) is 0 Å². The molecule has 2 saturated carbocycles. The standard InChI is InChI=1S/C31H28N2O6/c1-38-23-13-9-21(10-14-23)32-26(34)17-39-31(37)19-7-11-22(12-8-19)33-29(35)27-20-15-24(18-5-3-2-4-6-18)25(16-20)28(27)30(33)36/h2-14,20,24-25,27-28H,15-17H2,1H3,(H,32,34)/t20-,24-,25+,27+,28+/m0/s1. The predicted octanol–water partition coefficient (Wildman–Crippen LogP) is 4.42. The van der Waals surface area contributed by atoms with Gasteiger partial charge in [0.25, 0.3) is 5.91 Å². The fourth-order valence-electron chi connectivity index (χ4n) is 6.63. The molecule has 8 nitrogen and oxygen atoms in total. The minimum atomic E-state index is -0.675. The van der Waals surface area contributed by atoms with E-state index < -0.39 is 18.5 Å². The lowest BCUT2D eigenvalue weighted by molar-refractivity contribution is -0.123. The van der Waals surface area contributed by atoms with E-state index in [1.165, 1.54) is 22.6 Å². The van der Waals surface area contributed by atoms with Crippen LogP contribution in [0.3, 0.4) is 0 Å². The first-order valence-corrected chi connectivity index (χ1v) is 13.1. The molecule has 39 heavy (non-hydrogen) atoms. The number of rotatable bonds is 7. The van der Waals surface area contributed by atoms with Gasteiger partial charge in [0.05, 0.1) is 30.2 Å². The molecule has 3 amide bonds. The van der Waals surface area contributed by atoms with Crippen LogP contribution in [-0.2, 0) is 19.1 Å². The molecule has 1 heterocycles. The van der Waals surface area contributed by atoms with Gasteiger partial charge in [-0.05, 0) is 84.7 Å². The van der Waals surface area contributed by atoms with Gasteiger partial charge in [-0.15, -0.1) is 0 Å². The molecular weight excluding hydrogens is 496 g/mol. The van der Waals surface area contributed by atoms with Crippen molar-refractivity contribution in [2.75, 3.05) is 23.9 Å². The first-order chi connectivity index (χ1) is 18.9. The highest BCUT2D eigenvalue weighted by Crippen LogP contribution is 2.61. The minimum Gasteiger partial charge on any atom is -0.497 e. The van der Waals surface area contributed by atoms with Gasteiger partial charge < -0.3 is 14.8 Å². The fraction of sp³-hybridized carbons (Fsp3) is 0.290. The third-order valence-electron chi connectivity index (χ3n) is 8.31. The summed E-state index contributed by atoms with van der Waals surface area (Å²) in [5, 5.41) is 2.65. The maximum atomic E-state index is 13.5. The molecule has 1 aliphatic heterocycles. The van der Waals surface area contributed by atoms with Gasteiger partial charge in [0.1, 0.15) is 5.75 Å². The summed E-state index contributed by atoms with van der Waals surface area (Å²) in [6, 6.07) is 23.2. The van der Waals surface area contributed by atoms with Crippen LogP contribution < -0.4 is 15.0 Å². The molecule has 1 saturated heterocycles. The van der Waals surface area contributed by atoms with Crippen LogP contribution in [0.25, 0.3) is 0 Å². The molecule has 0 unspecified atom stereocenters. The average molecular weight is 525 g/mol. The van der Waals surface area contributed by atoms with E-state index in [1.54, 1.807) is 43.5 Å². The number of amides is 3. The smallest absolute Gasteiger partial charge is 0.338 e. The quantitative estimate of drug-likeness (QED) is 0.363. The molecule has 3 aromatic carbocycles. The second-order valence-electron chi connectivity index (χ2n) is 10.4. The minimum absolute atomic E-state index is 0.144. The lowest BCUT2D eigenvalue weighted by atomic mass is 9.73. The Hall–Kier alpha value is -4.46. The second kappa shape index (κ2) is 10.0. The van der Waals surface area contributed by atoms with Crippen LogP contribution in [0.5, 0.6) is 5.75 Å². The molecule has 1 N–H and O–H groups in total. The zero-order valence-electron chi connectivity index (χ0n) is 21.4. The van der Waals surface area contributed by atoms with Gasteiger partial charge in [0.2, 0.25) is 11.8 Å². The highest BCUT2D eigenvalue weighted by atomic mass is 16.5. The molecule has 0 aromatic heterocycles. The van der Waals surface area contributed by atoms with Crippen molar-refractivity contribution in [1.82, 2.24) is 0 Å². The lowest BCUT2D eigenvalue weighted by Gasteiger charge is -2.28. The van der Waals surface area contributed by atoms with E-state index in [4.69, 9.17) is 9.47 Å². The van der Waals surface area contributed by atoms with Crippen molar-refractivity contribution in [2.24, 2.45) is 23.7 Å². The summed E-state index contributed by atoms with van der Waals surface area (Å²) >= 11 is 0. The summed E-state index contributed by atoms with van der Waals surface area (Å²) in [6.45, 7) is -0.454. The molecule has 3 aromatic rings. The predicted molar refractivity (Wildman–Crippen MR) is 143 cm³/mol. The van der Waals surface area contributed by atoms with Crippen molar-refractivity contribution >= 4 is 35.1 Å². The van der Waals surface area contributed by atoms with E-state index in [0.29, 0.717) is 23.0 Å². The molecule has 5 atom stereocenters. The largest absolute Gasteiger partial charge is 0.497 e. The average Bonchev–Trinajstić information content (AvgIpc) is 3.64. The summed E-state index contributed by atoms with van der Waals surface area (Å²) < 4.78 is 10.2. The van der Waals surface area contributed by atoms with E-state index in [2.05, 4.69) is 17.4 Å². The van der Waals surface area contributed by atoms with E-state index in [1.807, 2.05) is 18.2 Å². The van der Waals surface area contributed by atoms with Crippen molar-refractivity contribution in [3.8, 4) is 5.75 Å². The highest BCUT2D eigenvalue weighted by Gasteiger charge is 2.64. The molecule has 3 aliphatic rings. The van der Waals surface area contributed by atoms with Crippen LogP contribution in [0.1, 0.15) is 34.7 Å². The van der Waals surface area contributed by atoms with Gasteiger partial charge in [0.15, 0.2) is 6.61 Å².